The molecule has 6 rings (SSSR count). The van der Waals surface area contributed by atoms with E-state index in [0.717, 1.165) is 41.3 Å². The Bertz CT molecular complexity index is 1800. The summed E-state index contributed by atoms with van der Waals surface area (Å²) in [5.74, 6) is -1.60. The summed E-state index contributed by atoms with van der Waals surface area (Å²) < 4.78 is 45.6. The van der Waals surface area contributed by atoms with Gasteiger partial charge in [-0.3, -0.25) is 23.9 Å². The number of benzene rings is 1. The van der Waals surface area contributed by atoms with Gasteiger partial charge >= 0.3 is 5.97 Å². The first-order valence-electron chi connectivity index (χ1n) is 18.3. The van der Waals surface area contributed by atoms with Gasteiger partial charge in [-0.2, -0.15) is 0 Å². The number of nitrogens with one attached hydrogen (secondary N) is 1. The molecule has 1 N–H and O–H groups in total. The zero-order chi connectivity index (χ0) is 36.7. The molecule has 2 aliphatic carbocycles. The van der Waals surface area contributed by atoms with Crippen LogP contribution in [-0.2, 0) is 40.4 Å². The van der Waals surface area contributed by atoms with Gasteiger partial charge in [-0.15, -0.1) is 0 Å². The van der Waals surface area contributed by atoms with Crippen molar-refractivity contribution in [3.63, 3.8) is 0 Å². The molecule has 2 aromatic rings. The number of sulfonamides is 1. The molecule has 2 saturated carbocycles. The summed E-state index contributed by atoms with van der Waals surface area (Å²) in [7, 11) is -2.17. The molecule has 3 fully saturated rings. The molecule has 278 valence electrons. The van der Waals surface area contributed by atoms with Crippen LogP contribution in [0.2, 0.25) is 0 Å². The Morgan fingerprint density at radius 3 is 2.57 bits per heavy atom. The van der Waals surface area contributed by atoms with Gasteiger partial charge in [0.05, 0.1) is 49.3 Å². The number of fused-ring (bicyclic) bond motifs is 3. The molecule has 1 aromatic heterocycles. The number of ether oxygens (including phenoxy) is 3. The highest BCUT2D eigenvalue weighted by atomic mass is 32.2. The van der Waals surface area contributed by atoms with E-state index in [2.05, 4.69) is 9.71 Å². The number of carbonyl (C=O) groups excluding carboxylic acids is 4. The second-order valence-electron chi connectivity index (χ2n) is 15.9. The van der Waals surface area contributed by atoms with Crippen LogP contribution in [0.1, 0.15) is 97.5 Å². The molecule has 1 saturated heterocycles. The largest absolute Gasteiger partial charge is 0.496 e. The Morgan fingerprint density at radius 1 is 1.14 bits per heavy atom. The van der Waals surface area contributed by atoms with Crippen molar-refractivity contribution in [3.8, 4) is 11.6 Å². The molecule has 12 nitrogen and oxygen atoms in total. The Balaban J connectivity index is 1.34. The number of pyridine rings is 1. The third-order valence-corrected chi connectivity index (χ3v) is 13.1. The number of aromatic nitrogens is 1. The van der Waals surface area contributed by atoms with E-state index in [-0.39, 0.29) is 50.0 Å². The number of Topliss-reactive ketones (excluding diaryl/α,β-unsaturated/α-hetero) is 1. The van der Waals surface area contributed by atoms with Crippen LogP contribution in [0.15, 0.2) is 24.4 Å². The van der Waals surface area contributed by atoms with E-state index in [0.29, 0.717) is 38.0 Å². The maximum absolute atomic E-state index is 14.5. The molecular formula is C38H51N3O9S. The molecule has 1 aromatic carbocycles. The number of esters is 1. The van der Waals surface area contributed by atoms with E-state index < -0.39 is 56.0 Å². The van der Waals surface area contributed by atoms with Crippen molar-refractivity contribution in [3.05, 3.63) is 30.0 Å². The SMILES string of the molecule is CC[C@@H]1C[C@]1(CC(=O)[C@@H]1C[C@@H]2CN1C(=O)[C@H](C(C)(C)C)CC(=O)OCCCCCc1cc3c(nccc3cc1OC)O2)C(=O)NS(=O)(=O)C1CC1. The van der Waals surface area contributed by atoms with Crippen LogP contribution in [0.25, 0.3) is 10.8 Å². The molecule has 4 bridgehead atoms. The zero-order valence-corrected chi connectivity index (χ0v) is 31.2. The fraction of sp³-hybridized carbons (Fsp3) is 0.658. The monoisotopic (exact) mass is 725 g/mol. The van der Waals surface area contributed by atoms with Crippen LogP contribution >= 0.6 is 0 Å². The highest BCUT2D eigenvalue weighted by Gasteiger charge is 2.62. The zero-order valence-electron chi connectivity index (χ0n) is 30.4. The Hall–Kier alpha value is -3.74. The van der Waals surface area contributed by atoms with Gasteiger partial charge in [0.15, 0.2) is 5.78 Å². The van der Waals surface area contributed by atoms with E-state index in [1.54, 1.807) is 13.3 Å². The molecule has 0 spiro atoms. The van der Waals surface area contributed by atoms with Crippen LogP contribution in [0.4, 0.5) is 0 Å². The fourth-order valence-electron chi connectivity index (χ4n) is 7.87. The number of amides is 2. The summed E-state index contributed by atoms with van der Waals surface area (Å²) in [6, 6.07) is 4.91. The van der Waals surface area contributed by atoms with Crippen LogP contribution < -0.4 is 14.2 Å². The third-order valence-electron chi connectivity index (χ3n) is 11.3. The van der Waals surface area contributed by atoms with Crippen molar-refractivity contribution in [2.24, 2.45) is 22.7 Å². The van der Waals surface area contributed by atoms with Gasteiger partial charge in [0, 0.05) is 24.4 Å². The van der Waals surface area contributed by atoms with Gasteiger partial charge in [-0.1, -0.05) is 34.1 Å². The highest BCUT2D eigenvalue weighted by Crippen LogP contribution is 2.58. The molecule has 2 amide bonds. The van der Waals surface area contributed by atoms with Crippen molar-refractivity contribution in [1.82, 2.24) is 14.6 Å². The molecule has 2 aliphatic heterocycles. The predicted octanol–water partition coefficient (Wildman–Crippen LogP) is 4.90. The van der Waals surface area contributed by atoms with E-state index in [9.17, 15) is 27.6 Å². The Kier molecular flexibility index (Phi) is 10.4. The highest BCUT2D eigenvalue weighted by molar-refractivity contribution is 7.90. The van der Waals surface area contributed by atoms with Crippen molar-refractivity contribution in [2.45, 2.75) is 116 Å². The number of ketones is 1. The number of hydrogen-bond acceptors (Lipinski definition) is 10. The maximum atomic E-state index is 14.5. The summed E-state index contributed by atoms with van der Waals surface area (Å²) in [6.07, 6.45) is 5.97. The number of nitrogens with zero attached hydrogens (tertiary/aromatic N) is 2. The molecule has 5 atom stereocenters. The summed E-state index contributed by atoms with van der Waals surface area (Å²) in [4.78, 5) is 61.7. The lowest BCUT2D eigenvalue weighted by molar-refractivity contribution is -0.153. The van der Waals surface area contributed by atoms with Crippen LogP contribution in [0.3, 0.4) is 0 Å². The van der Waals surface area contributed by atoms with Crippen molar-refractivity contribution in [2.75, 3.05) is 20.3 Å². The minimum absolute atomic E-state index is 0.0738. The summed E-state index contributed by atoms with van der Waals surface area (Å²) >= 11 is 0. The molecule has 13 heteroatoms. The van der Waals surface area contributed by atoms with E-state index in [4.69, 9.17) is 14.2 Å². The number of cyclic esters (lactones) is 1. The van der Waals surface area contributed by atoms with Crippen molar-refractivity contribution >= 4 is 44.4 Å². The van der Waals surface area contributed by atoms with Gasteiger partial charge in [0.25, 0.3) is 0 Å². The lowest BCUT2D eigenvalue weighted by atomic mass is 9.77. The number of rotatable bonds is 8. The van der Waals surface area contributed by atoms with Gasteiger partial charge < -0.3 is 19.1 Å². The Labute approximate surface area is 300 Å². The number of hydrogen-bond donors (Lipinski definition) is 1. The van der Waals surface area contributed by atoms with Gasteiger partial charge in [0.1, 0.15) is 11.9 Å². The predicted molar refractivity (Wildman–Crippen MR) is 189 cm³/mol. The first-order valence-corrected chi connectivity index (χ1v) is 19.9. The summed E-state index contributed by atoms with van der Waals surface area (Å²) in [6.45, 7) is 7.89. The number of carbonyl (C=O) groups is 4. The maximum Gasteiger partial charge on any atom is 0.306 e. The number of aryl methyl sites for hydroxylation is 1. The van der Waals surface area contributed by atoms with Gasteiger partial charge in [0.2, 0.25) is 27.7 Å². The van der Waals surface area contributed by atoms with Crippen molar-refractivity contribution < 1.29 is 41.8 Å². The normalized spacial score (nSPS) is 27.7. The summed E-state index contributed by atoms with van der Waals surface area (Å²) in [5.41, 5.74) is -0.807. The fourth-order valence-corrected chi connectivity index (χ4v) is 9.25. The molecule has 4 aliphatic rings. The molecule has 3 heterocycles. The summed E-state index contributed by atoms with van der Waals surface area (Å²) in [5, 5.41) is 1.09. The first-order chi connectivity index (χ1) is 24.2. The van der Waals surface area contributed by atoms with E-state index in [1.165, 1.54) is 4.90 Å². The molecule has 0 unspecified atom stereocenters. The van der Waals surface area contributed by atoms with Crippen LogP contribution in [-0.4, -0.2) is 79.5 Å². The molecular weight excluding hydrogens is 674 g/mol. The second kappa shape index (κ2) is 14.4. The standard InChI is InChI=1S/C38H51N3O9S/c1-6-25-20-38(25,36(45)40-51(46,47)27-11-12-27)21-31(42)30-18-26-22-41(30)35(44)29(37(2,3)4)19-33(43)49-15-9-7-8-10-24-16-28-23(17-32(24)48-5)13-14-39-34(28)50-26/h13-14,16-17,25-27,29-30H,6-12,15,18-22H2,1-5H3,(H,40,45)/t25-,26-,29-,30+,38-/m1/s1. The lowest BCUT2D eigenvalue weighted by Crippen LogP contribution is -2.48. The molecule has 51 heavy (non-hydrogen) atoms. The van der Waals surface area contributed by atoms with E-state index >= 15 is 0 Å². The smallest absolute Gasteiger partial charge is 0.306 e. The third kappa shape index (κ3) is 7.88. The van der Waals surface area contributed by atoms with Gasteiger partial charge in [-0.25, -0.2) is 13.4 Å². The topological polar surface area (TPSA) is 158 Å². The minimum atomic E-state index is -3.81. The van der Waals surface area contributed by atoms with Crippen molar-refractivity contribution in [1.29, 1.82) is 0 Å². The van der Waals surface area contributed by atoms with Crippen LogP contribution in [0, 0.1) is 22.7 Å². The van der Waals surface area contributed by atoms with E-state index in [1.807, 2.05) is 45.9 Å². The average Bonchev–Trinajstić information content (AvgIpc) is 4.00. The number of methoxy groups -OCH3 is 1. The quantitative estimate of drug-likeness (QED) is 0.371. The van der Waals surface area contributed by atoms with Gasteiger partial charge in [-0.05, 0) is 85.4 Å². The lowest BCUT2D eigenvalue weighted by Gasteiger charge is -2.34. The molecule has 0 radical (unpaired) electrons. The van der Waals surface area contributed by atoms with Crippen LogP contribution in [0.5, 0.6) is 11.6 Å². The average molecular weight is 726 g/mol. The minimum Gasteiger partial charge on any atom is -0.496 e. The first kappa shape index (κ1) is 37.0. The Morgan fingerprint density at radius 2 is 1.90 bits per heavy atom. The second-order valence-corrected chi connectivity index (χ2v) is 17.9.